The minimum atomic E-state index is -0.852. The van der Waals surface area contributed by atoms with Gasteiger partial charge in [0, 0.05) is 24.9 Å². The largest absolute Gasteiger partial charge is 0.481 e. The number of aliphatic carboxylic acids is 1. The summed E-state index contributed by atoms with van der Waals surface area (Å²) in [6, 6.07) is 16.1. The predicted molar refractivity (Wildman–Crippen MR) is 128 cm³/mol. The number of amides is 2. The van der Waals surface area contributed by atoms with E-state index in [0.717, 1.165) is 30.4 Å². The molecule has 2 aromatic carbocycles. The van der Waals surface area contributed by atoms with E-state index in [2.05, 4.69) is 34.9 Å². The Hall–Kier alpha value is -3.35. The van der Waals surface area contributed by atoms with E-state index in [0.29, 0.717) is 6.42 Å². The molecule has 0 radical (unpaired) electrons. The SMILES string of the molecule is CC(CCC(=O)NCC(C(=O)O)C1CCC1)NC(=O)OCC1c2ccccc2-c2ccccc21. The van der Waals surface area contributed by atoms with Gasteiger partial charge < -0.3 is 20.5 Å². The molecule has 4 rings (SSSR count). The summed E-state index contributed by atoms with van der Waals surface area (Å²) in [4.78, 5) is 36.0. The van der Waals surface area contributed by atoms with Gasteiger partial charge in [-0.1, -0.05) is 55.0 Å². The molecule has 7 nitrogen and oxygen atoms in total. The maximum absolute atomic E-state index is 12.4. The van der Waals surface area contributed by atoms with E-state index < -0.39 is 18.0 Å². The number of carbonyl (C=O) groups is 3. The molecule has 34 heavy (non-hydrogen) atoms. The first-order valence-electron chi connectivity index (χ1n) is 12.0. The topological polar surface area (TPSA) is 105 Å². The Labute approximate surface area is 199 Å². The van der Waals surface area contributed by atoms with Gasteiger partial charge in [0.05, 0.1) is 5.92 Å². The fourth-order valence-electron chi connectivity index (χ4n) is 4.87. The van der Waals surface area contributed by atoms with Crippen LogP contribution in [-0.4, -0.2) is 42.3 Å². The monoisotopic (exact) mass is 464 g/mol. The van der Waals surface area contributed by atoms with Crippen molar-refractivity contribution in [1.82, 2.24) is 10.6 Å². The first-order chi connectivity index (χ1) is 16.4. The Bertz CT molecular complexity index is 1000. The lowest BCUT2D eigenvalue weighted by molar-refractivity contribution is -0.144. The van der Waals surface area contributed by atoms with Crippen LogP contribution in [0.1, 0.15) is 56.1 Å². The Morgan fingerprint density at radius 2 is 1.65 bits per heavy atom. The van der Waals surface area contributed by atoms with Crippen molar-refractivity contribution in [3.8, 4) is 11.1 Å². The quantitative estimate of drug-likeness (QED) is 0.486. The molecule has 0 saturated heterocycles. The molecule has 3 N–H and O–H groups in total. The number of hydrogen-bond acceptors (Lipinski definition) is 4. The Morgan fingerprint density at radius 3 is 2.21 bits per heavy atom. The number of nitrogens with one attached hydrogen (secondary N) is 2. The van der Waals surface area contributed by atoms with Crippen molar-refractivity contribution >= 4 is 18.0 Å². The summed E-state index contributed by atoms with van der Waals surface area (Å²) in [7, 11) is 0. The highest BCUT2D eigenvalue weighted by molar-refractivity contribution is 5.79. The molecule has 0 aromatic heterocycles. The van der Waals surface area contributed by atoms with E-state index in [1.807, 2.05) is 31.2 Å². The Morgan fingerprint density at radius 1 is 1.03 bits per heavy atom. The van der Waals surface area contributed by atoms with E-state index in [9.17, 15) is 19.5 Å². The zero-order chi connectivity index (χ0) is 24.1. The molecule has 1 saturated carbocycles. The second-order valence-electron chi connectivity index (χ2n) is 9.35. The zero-order valence-electron chi connectivity index (χ0n) is 19.5. The van der Waals surface area contributed by atoms with Crippen LogP contribution >= 0.6 is 0 Å². The van der Waals surface area contributed by atoms with Gasteiger partial charge in [0.2, 0.25) is 5.91 Å². The van der Waals surface area contributed by atoms with Crippen molar-refractivity contribution in [2.24, 2.45) is 11.8 Å². The van der Waals surface area contributed by atoms with Gasteiger partial charge in [-0.15, -0.1) is 0 Å². The van der Waals surface area contributed by atoms with Crippen LogP contribution in [0, 0.1) is 11.8 Å². The third-order valence-electron chi connectivity index (χ3n) is 7.07. The van der Waals surface area contributed by atoms with Gasteiger partial charge in [-0.25, -0.2) is 4.79 Å². The van der Waals surface area contributed by atoms with Crippen LogP contribution in [0.15, 0.2) is 48.5 Å². The minimum absolute atomic E-state index is 0.00270. The van der Waals surface area contributed by atoms with Gasteiger partial charge in [0.1, 0.15) is 6.61 Å². The van der Waals surface area contributed by atoms with Gasteiger partial charge in [0.25, 0.3) is 0 Å². The summed E-state index contributed by atoms with van der Waals surface area (Å²) in [5.74, 6) is -1.42. The van der Waals surface area contributed by atoms with Gasteiger partial charge in [0.15, 0.2) is 0 Å². The summed E-state index contributed by atoms with van der Waals surface area (Å²) < 4.78 is 5.55. The molecule has 2 unspecified atom stereocenters. The van der Waals surface area contributed by atoms with E-state index in [4.69, 9.17) is 4.74 Å². The van der Waals surface area contributed by atoms with Crippen molar-refractivity contribution in [3.05, 3.63) is 59.7 Å². The summed E-state index contributed by atoms with van der Waals surface area (Å²) in [5, 5.41) is 14.9. The maximum atomic E-state index is 12.4. The smallest absolute Gasteiger partial charge is 0.407 e. The average Bonchev–Trinajstić information content (AvgIpc) is 3.11. The molecule has 2 aromatic rings. The van der Waals surface area contributed by atoms with E-state index in [-0.39, 0.29) is 43.4 Å². The summed E-state index contributed by atoms with van der Waals surface area (Å²) in [6.45, 7) is 2.22. The normalized spacial score (nSPS) is 16.5. The molecule has 2 aliphatic carbocycles. The number of rotatable bonds is 10. The number of carboxylic acids is 1. The van der Waals surface area contributed by atoms with E-state index in [1.165, 1.54) is 11.1 Å². The van der Waals surface area contributed by atoms with Crippen molar-refractivity contribution in [3.63, 3.8) is 0 Å². The standard InChI is InChI=1S/C27H32N2O5/c1-17(13-14-25(30)28-15-23(26(31)32)18-7-6-8-18)29-27(33)34-16-24-21-11-4-2-9-19(21)20-10-3-5-12-22(20)24/h2-5,9-12,17-18,23-24H,6-8,13-16H2,1H3,(H,28,30)(H,29,33)(H,31,32). The molecule has 7 heteroatoms. The van der Waals surface area contributed by atoms with Crippen LogP contribution in [-0.2, 0) is 14.3 Å². The highest BCUT2D eigenvalue weighted by Crippen LogP contribution is 2.44. The number of ether oxygens (including phenoxy) is 1. The van der Waals surface area contributed by atoms with Gasteiger partial charge in [-0.3, -0.25) is 9.59 Å². The Kier molecular flexibility index (Phi) is 7.50. The first kappa shape index (κ1) is 23.8. The van der Waals surface area contributed by atoms with Crippen LogP contribution in [0.25, 0.3) is 11.1 Å². The van der Waals surface area contributed by atoms with Crippen molar-refractivity contribution in [1.29, 1.82) is 0 Å². The summed E-state index contributed by atoms with van der Waals surface area (Å²) in [6.07, 6.45) is 3.02. The third-order valence-corrected chi connectivity index (χ3v) is 7.07. The van der Waals surface area contributed by atoms with Crippen LogP contribution in [0.3, 0.4) is 0 Å². The van der Waals surface area contributed by atoms with Crippen LogP contribution in [0.2, 0.25) is 0 Å². The predicted octanol–water partition coefficient (Wildman–Crippen LogP) is 4.31. The molecular formula is C27H32N2O5. The fourth-order valence-corrected chi connectivity index (χ4v) is 4.87. The lowest BCUT2D eigenvalue weighted by Gasteiger charge is -2.31. The number of benzene rings is 2. The lowest BCUT2D eigenvalue weighted by atomic mass is 9.76. The second kappa shape index (κ2) is 10.7. The highest BCUT2D eigenvalue weighted by Gasteiger charge is 2.32. The number of carboxylic acid groups (broad SMARTS) is 1. The van der Waals surface area contributed by atoms with Gasteiger partial charge in [-0.05, 0) is 54.4 Å². The number of alkyl carbamates (subject to hydrolysis) is 1. The van der Waals surface area contributed by atoms with E-state index in [1.54, 1.807) is 0 Å². The van der Waals surface area contributed by atoms with Crippen molar-refractivity contribution in [2.75, 3.05) is 13.2 Å². The number of carbonyl (C=O) groups excluding carboxylic acids is 2. The third kappa shape index (κ3) is 5.41. The fraction of sp³-hybridized carbons (Fsp3) is 0.444. The Balaban J connectivity index is 1.20. The molecule has 2 amide bonds. The number of hydrogen-bond donors (Lipinski definition) is 3. The maximum Gasteiger partial charge on any atom is 0.407 e. The van der Waals surface area contributed by atoms with Crippen LogP contribution < -0.4 is 10.6 Å². The molecule has 2 aliphatic rings. The van der Waals surface area contributed by atoms with Gasteiger partial charge in [-0.2, -0.15) is 0 Å². The molecule has 2 atom stereocenters. The second-order valence-corrected chi connectivity index (χ2v) is 9.35. The average molecular weight is 465 g/mol. The van der Waals surface area contributed by atoms with Crippen molar-refractivity contribution < 1.29 is 24.2 Å². The molecule has 0 aliphatic heterocycles. The summed E-state index contributed by atoms with van der Waals surface area (Å²) in [5.41, 5.74) is 4.66. The number of fused-ring (bicyclic) bond motifs is 3. The molecule has 1 fully saturated rings. The van der Waals surface area contributed by atoms with Gasteiger partial charge >= 0.3 is 12.1 Å². The van der Waals surface area contributed by atoms with Crippen LogP contribution in [0.4, 0.5) is 4.79 Å². The minimum Gasteiger partial charge on any atom is -0.481 e. The highest BCUT2D eigenvalue weighted by atomic mass is 16.5. The molecule has 180 valence electrons. The molecular weight excluding hydrogens is 432 g/mol. The van der Waals surface area contributed by atoms with Crippen LogP contribution in [0.5, 0.6) is 0 Å². The summed E-state index contributed by atoms with van der Waals surface area (Å²) >= 11 is 0. The zero-order valence-corrected chi connectivity index (χ0v) is 19.5. The molecule has 0 heterocycles. The first-order valence-corrected chi connectivity index (χ1v) is 12.0. The molecule has 0 spiro atoms. The lowest BCUT2D eigenvalue weighted by Crippen LogP contribution is -2.40. The van der Waals surface area contributed by atoms with Crippen molar-refractivity contribution in [2.45, 2.75) is 51.0 Å². The molecule has 0 bridgehead atoms. The van der Waals surface area contributed by atoms with E-state index >= 15 is 0 Å².